The van der Waals surface area contributed by atoms with Crippen molar-refractivity contribution in [2.45, 2.75) is 18.9 Å². The maximum absolute atomic E-state index is 5.38. The molecule has 1 atom stereocenters. The van der Waals surface area contributed by atoms with Crippen molar-refractivity contribution < 1.29 is 4.74 Å². The van der Waals surface area contributed by atoms with Crippen molar-refractivity contribution in [1.29, 1.82) is 0 Å². The third-order valence-corrected chi connectivity index (χ3v) is 3.24. The first-order valence-corrected chi connectivity index (χ1v) is 5.36. The second-order valence-corrected chi connectivity index (χ2v) is 4.27. The largest absolute Gasteiger partial charge is 0.381 e. The molecule has 13 heavy (non-hydrogen) atoms. The van der Waals surface area contributed by atoms with Gasteiger partial charge in [0, 0.05) is 38.9 Å². The van der Waals surface area contributed by atoms with Crippen LogP contribution in [0, 0.1) is 5.92 Å². The Labute approximate surface area is 80.4 Å². The fourth-order valence-electron chi connectivity index (χ4n) is 2.37. The Bertz CT molecular complexity index is 157. The number of hydrogen-bond acceptors (Lipinski definition) is 3. The van der Waals surface area contributed by atoms with E-state index in [1.807, 2.05) is 0 Å². The van der Waals surface area contributed by atoms with Crippen LogP contribution in [0.2, 0.25) is 0 Å². The summed E-state index contributed by atoms with van der Waals surface area (Å²) in [5.41, 5.74) is 0. The lowest BCUT2D eigenvalue weighted by atomic mass is 9.90. The molecule has 2 rings (SSSR count). The zero-order valence-electron chi connectivity index (χ0n) is 8.46. The molecule has 2 saturated heterocycles. The minimum Gasteiger partial charge on any atom is -0.381 e. The van der Waals surface area contributed by atoms with Gasteiger partial charge in [-0.25, -0.2) is 0 Å². The fraction of sp³-hybridized carbons (Fsp3) is 1.00. The van der Waals surface area contributed by atoms with Crippen LogP contribution in [0.15, 0.2) is 0 Å². The van der Waals surface area contributed by atoms with Crippen molar-refractivity contribution >= 4 is 0 Å². The first kappa shape index (κ1) is 9.44. The molecule has 1 N–H and O–H groups in total. The van der Waals surface area contributed by atoms with Crippen molar-refractivity contribution in [3.05, 3.63) is 0 Å². The zero-order valence-corrected chi connectivity index (χ0v) is 8.46. The molecule has 0 amide bonds. The summed E-state index contributed by atoms with van der Waals surface area (Å²) in [6, 6.07) is 0.711. The van der Waals surface area contributed by atoms with Crippen molar-refractivity contribution in [3.63, 3.8) is 0 Å². The normalized spacial score (nSPS) is 33.5. The molecule has 0 aliphatic carbocycles. The number of likely N-dealkylation sites (N-methyl/N-ethyl adjacent to an activating group) is 1. The van der Waals surface area contributed by atoms with Gasteiger partial charge in [0.2, 0.25) is 0 Å². The molecule has 2 heterocycles. The van der Waals surface area contributed by atoms with E-state index in [1.54, 1.807) is 0 Å². The van der Waals surface area contributed by atoms with Gasteiger partial charge in [-0.1, -0.05) is 0 Å². The smallest absolute Gasteiger partial charge is 0.0469 e. The highest BCUT2D eigenvalue weighted by Crippen LogP contribution is 2.20. The fourth-order valence-corrected chi connectivity index (χ4v) is 2.37. The lowest BCUT2D eigenvalue weighted by molar-refractivity contribution is 0.0435. The average Bonchev–Trinajstić information content (AvgIpc) is 2.19. The number of hydrogen-bond donors (Lipinski definition) is 1. The first-order chi connectivity index (χ1) is 6.36. The molecule has 76 valence electrons. The van der Waals surface area contributed by atoms with Gasteiger partial charge < -0.3 is 15.0 Å². The quantitative estimate of drug-likeness (QED) is 0.635. The van der Waals surface area contributed by atoms with E-state index in [-0.39, 0.29) is 0 Å². The molecule has 0 spiro atoms. The first-order valence-electron chi connectivity index (χ1n) is 5.36. The highest BCUT2D eigenvalue weighted by atomic mass is 16.5. The summed E-state index contributed by atoms with van der Waals surface area (Å²) in [6.07, 6.45) is 2.48. The van der Waals surface area contributed by atoms with Gasteiger partial charge in [-0.05, 0) is 25.8 Å². The Kier molecular flexibility index (Phi) is 3.19. The Balaban J connectivity index is 1.83. The molecular formula is C10H20N2O. The summed E-state index contributed by atoms with van der Waals surface area (Å²) in [7, 11) is 2.22. The molecule has 0 radical (unpaired) electrons. The Morgan fingerprint density at radius 2 is 2.08 bits per heavy atom. The summed E-state index contributed by atoms with van der Waals surface area (Å²) < 4.78 is 5.38. The molecule has 2 fully saturated rings. The van der Waals surface area contributed by atoms with E-state index in [0.717, 1.165) is 25.7 Å². The van der Waals surface area contributed by atoms with Crippen LogP contribution >= 0.6 is 0 Å². The minimum atomic E-state index is 0.711. The molecule has 3 nitrogen and oxygen atoms in total. The van der Waals surface area contributed by atoms with Crippen molar-refractivity contribution in [2.75, 3.05) is 39.9 Å². The lowest BCUT2D eigenvalue weighted by Gasteiger charge is -2.37. The van der Waals surface area contributed by atoms with Crippen molar-refractivity contribution in [2.24, 2.45) is 5.92 Å². The Morgan fingerprint density at radius 3 is 2.77 bits per heavy atom. The van der Waals surface area contributed by atoms with Gasteiger partial charge in [0.1, 0.15) is 0 Å². The highest BCUT2D eigenvalue weighted by Gasteiger charge is 2.26. The second-order valence-electron chi connectivity index (χ2n) is 4.27. The lowest BCUT2D eigenvalue weighted by Crippen LogP contribution is -2.53. The van der Waals surface area contributed by atoms with E-state index in [4.69, 9.17) is 4.74 Å². The SMILES string of the molecule is CN1CCN[C@H](C2CCOCC2)C1. The van der Waals surface area contributed by atoms with Gasteiger partial charge in [-0.2, -0.15) is 0 Å². The van der Waals surface area contributed by atoms with Gasteiger partial charge in [0.25, 0.3) is 0 Å². The van der Waals surface area contributed by atoms with E-state index in [1.165, 1.54) is 25.9 Å². The van der Waals surface area contributed by atoms with E-state index >= 15 is 0 Å². The summed E-state index contributed by atoms with van der Waals surface area (Å²) in [5, 5.41) is 3.62. The van der Waals surface area contributed by atoms with Gasteiger partial charge in [0.15, 0.2) is 0 Å². The third kappa shape index (κ3) is 2.42. The maximum Gasteiger partial charge on any atom is 0.0469 e. The van der Waals surface area contributed by atoms with Gasteiger partial charge in [-0.3, -0.25) is 0 Å². The van der Waals surface area contributed by atoms with Crippen LogP contribution in [0.4, 0.5) is 0 Å². The monoisotopic (exact) mass is 184 g/mol. The number of nitrogens with one attached hydrogen (secondary N) is 1. The second kappa shape index (κ2) is 4.40. The zero-order chi connectivity index (χ0) is 9.10. The molecule has 3 heteroatoms. The van der Waals surface area contributed by atoms with Crippen LogP contribution < -0.4 is 5.32 Å². The van der Waals surface area contributed by atoms with Crippen LogP contribution in [0.3, 0.4) is 0 Å². The van der Waals surface area contributed by atoms with E-state index in [9.17, 15) is 0 Å². The molecule has 0 aromatic heterocycles. The Hall–Kier alpha value is -0.120. The summed E-state index contributed by atoms with van der Waals surface area (Å²) in [5.74, 6) is 0.844. The molecule has 0 unspecified atom stereocenters. The average molecular weight is 184 g/mol. The molecule has 2 aliphatic rings. The standard InChI is InChI=1S/C10H20N2O/c1-12-5-4-11-10(8-12)9-2-6-13-7-3-9/h9-11H,2-8H2,1H3/t10-/m0/s1. The summed E-state index contributed by atoms with van der Waals surface area (Å²) >= 11 is 0. The summed E-state index contributed by atoms with van der Waals surface area (Å²) in [6.45, 7) is 5.49. The number of piperazine rings is 1. The van der Waals surface area contributed by atoms with Gasteiger partial charge in [-0.15, -0.1) is 0 Å². The van der Waals surface area contributed by atoms with Crippen molar-refractivity contribution in [3.8, 4) is 0 Å². The van der Waals surface area contributed by atoms with Gasteiger partial charge in [0.05, 0.1) is 0 Å². The topological polar surface area (TPSA) is 24.5 Å². The van der Waals surface area contributed by atoms with Crippen LogP contribution in [0.25, 0.3) is 0 Å². The number of ether oxygens (including phenoxy) is 1. The van der Waals surface area contributed by atoms with Crippen LogP contribution in [-0.2, 0) is 4.74 Å². The van der Waals surface area contributed by atoms with Crippen LogP contribution in [0.1, 0.15) is 12.8 Å². The molecule has 0 aromatic rings. The molecule has 0 aromatic carbocycles. The number of nitrogens with zero attached hydrogens (tertiary/aromatic N) is 1. The minimum absolute atomic E-state index is 0.711. The Morgan fingerprint density at radius 1 is 1.31 bits per heavy atom. The molecule has 0 saturated carbocycles. The predicted molar refractivity (Wildman–Crippen MR) is 52.8 cm³/mol. The van der Waals surface area contributed by atoms with Crippen LogP contribution in [0.5, 0.6) is 0 Å². The van der Waals surface area contributed by atoms with E-state index < -0.39 is 0 Å². The molecular weight excluding hydrogens is 164 g/mol. The third-order valence-electron chi connectivity index (χ3n) is 3.24. The summed E-state index contributed by atoms with van der Waals surface area (Å²) in [4.78, 5) is 2.43. The number of rotatable bonds is 1. The van der Waals surface area contributed by atoms with E-state index in [2.05, 4.69) is 17.3 Å². The molecule has 2 aliphatic heterocycles. The van der Waals surface area contributed by atoms with Crippen molar-refractivity contribution in [1.82, 2.24) is 10.2 Å². The van der Waals surface area contributed by atoms with Gasteiger partial charge >= 0.3 is 0 Å². The highest BCUT2D eigenvalue weighted by molar-refractivity contribution is 4.84. The van der Waals surface area contributed by atoms with E-state index in [0.29, 0.717) is 6.04 Å². The maximum atomic E-state index is 5.38. The molecule has 0 bridgehead atoms. The van der Waals surface area contributed by atoms with Crippen LogP contribution in [-0.4, -0.2) is 50.8 Å². The predicted octanol–water partition coefficient (Wildman–Crippen LogP) is 0.317.